The monoisotopic (exact) mass is 611 g/mol. The smallest absolute Gasteiger partial charge is 0.244 e. The second-order valence-electron chi connectivity index (χ2n) is 10.7. The minimum Gasteiger partial charge on any atom is -0.489 e. The van der Waals surface area contributed by atoms with Crippen LogP contribution in [0.1, 0.15) is 50.2 Å². The Morgan fingerprint density at radius 1 is 0.929 bits per heavy atom. The Balaban J connectivity index is 1.51. The minimum absolute atomic E-state index is 0.0799. The molecule has 42 heavy (non-hydrogen) atoms. The summed E-state index contributed by atoms with van der Waals surface area (Å²) in [7, 11) is -3.83. The van der Waals surface area contributed by atoms with Crippen molar-refractivity contribution >= 4 is 39.1 Å². The number of carbonyl (C=O) groups is 2. The van der Waals surface area contributed by atoms with E-state index in [1.54, 1.807) is 55.5 Å². The summed E-state index contributed by atoms with van der Waals surface area (Å²) in [5, 5.41) is 3.65. The number of ether oxygens (including phenoxy) is 1. The van der Waals surface area contributed by atoms with Gasteiger partial charge in [-0.15, -0.1) is 0 Å². The first-order valence-corrected chi connectivity index (χ1v) is 16.4. The molecule has 4 rings (SSSR count). The molecule has 0 unspecified atom stereocenters. The van der Waals surface area contributed by atoms with E-state index in [1.807, 2.05) is 30.3 Å². The van der Waals surface area contributed by atoms with Crippen molar-refractivity contribution in [3.63, 3.8) is 0 Å². The molecule has 0 aliphatic heterocycles. The van der Waals surface area contributed by atoms with Crippen molar-refractivity contribution in [1.29, 1.82) is 0 Å². The number of nitrogens with zero attached hydrogens (tertiary/aromatic N) is 2. The third-order valence-corrected chi connectivity index (χ3v) is 8.83. The molecule has 1 saturated carbocycles. The van der Waals surface area contributed by atoms with Gasteiger partial charge in [0, 0.05) is 17.6 Å². The summed E-state index contributed by atoms with van der Waals surface area (Å²) in [5.41, 5.74) is 2.10. The molecular weight excluding hydrogens is 574 g/mol. The molecule has 0 aromatic heterocycles. The zero-order valence-electron chi connectivity index (χ0n) is 24.0. The molecule has 0 spiro atoms. The zero-order valence-corrected chi connectivity index (χ0v) is 25.6. The molecule has 0 bridgehead atoms. The van der Waals surface area contributed by atoms with Crippen LogP contribution in [0.25, 0.3) is 0 Å². The molecule has 3 aromatic rings. The van der Waals surface area contributed by atoms with Gasteiger partial charge in [-0.1, -0.05) is 73.3 Å². The molecule has 1 fully saturated rings. The number of halogens is 1. The van der Waals surface area contributed by atoms with E-state index in [0.29, 0.717) is 23.1 Å². The zero-order chi connectivity index (χ0) is 30.1. The molecule has 0 radical (unpaired) electrons. The summed E-state index contributed by atoms with van der Waals surface area (Å²) in [6.07, 6.45) is 6.17. The van der Waals surface area contributed by atoms with Gasteiger partial charge in [0.1, 0.15) is 24.9 Å². The molecule has 0 saturated heterocycles. The molecular formula is C32H38ClN3O5S. The predicted molar refractivity (Wildman–Crippen MR) is 166 cm³/mol. The molecule has 224 valence electrons. The number of nitrogens with one attached hydrogen (secondary N) is 1. The summed E-state index contributed by atoms with van der Waals surface area (Å²) in [4.78, 5) is 28.5. The number of hydrogen-bond acceptors (Lipinski definition) is 5. The lowest BCUT2D eigenvalue weighted by atomic mass is 9.95. The molecule has 10 heteroatoms. The fraction of sp³-hybridized carbons (Fsp3) is 0.375. The summed E-state index contributed by atoms with van der Waals surface area (Å²) >= 11 is 6.05. The molecule has 8 nitrogen and oxygen atoms in total. The van der Waals surface area contributed by atoms with Crippen molar-refractivity contribution in [2.75, 3.05) is 17.1 Å². The Bertz CT molecular complexity index is 1430. The summed E-state index contributed by atoms with van der Waals surface area (Å²) in [6, 6.07) is 22.5. The van der Waals surface area contributed by atoms with Crippen molar-refractivity contribution in [1.82, 2.24) is 10.2 Å². The number of sulfonamides is 1. The van der Waals surface area contributed by atoms with Crippen LogP contribution in [0, 0.1) is 0 Å². The van der Waals surface area contributed by atoms with Crippen molar-refractivity contribution in [3.05, 3.63) is 95.0 Å². The maximum absolute atomic E-state index is 13.8. The lowest BCUT2D eigenvalue weighted by Gasteiger charge is -2.33. The number of hydrogen-bond donors (Lipinski definition) is 1. The second-order valence-corrected chi connectivity index (χ2v) is 13.0. The first-order valence-electron chi connectivity index (χ1n) is 14.2. The van der Waals surface area contributed by atoms with E-state index in [2.05, 4.69) is 5.32 Å². The van der Waals surface area contributed by atoms with Crippen LogP contribution >= 0.6 is 11.6 Å². The SMILES string of the molecule is C[C@@H](C(=O)NC1CCCCC1)N(Cc1ccc(Cl)cc1)C(=O)CN(c1ccc(OCc2ccccc2)cc1)S(C)(=O)=O. The van der Waals surface area contributed by atoms with Gasteiger partial charge >= 0.3 is 0 Å². The van der Waals surface area contributed by atoms with Gasteiger partial charge in [0.15, 0.2) is 0 Å². The van der Waals surface area contributed by atoms with E-state index < -0.39 is 28.5 Å². The van der Waals surface area contributed by atoms with Gasteiger partial charge in [-0.25, -0.2) is 8.42 Å². The first-order chi connectivity index (χ1) is 20.1. The third-order valence-electron chi connectivity index (χ3n) is 7.44. The topological polar surface area (TPSA) is 96.0 Å². The Morgan fingerprint density at radius 2 is 1.57 bits per heavy atom. The molecule has 0 heterocycles. The number of benzene rings is 3. The predicted octanol–water partition coefficient (Wildman–Crippen LogP) is 5.55. The number of anilines is 1. The van der Waals surface area contributed by atoms with Crippen LogP contribution in [0.5, 0.6) is 5.75 Å². The van der Waals surface area contributed by atoms with Crippen LogP contribution in [0.15, 0.2) is 78.9 Å². The van der Waals surface area contributed by atoms with E-state index in [4.69, 9.17) is 16.3 Å². The van der Waals surface area contributed by atoms with Crippen molar-refractivity contribution < 1.29 is 22.7 Å². The normalized spacial score (nSPS) is 14.5. The Labute approximate surface area is 253 Å². The second kappa shape index (κ2) is 14.6. The average Bonchev–Trinajstić information content (AvgIpc) is 2.99. The quantitative estimate of drug-likeness (QED) is 0.290. The van der Waals surface area contributed by atoms with Crippen LogP contribution < -0.4 is 14.4 Å². The Kier molecular flexibility index (Phi) is 10.9. The maximum atomic E-state index is 13.8. The van der Waals surface area contributed by atoms with E-state index in [9.17, 15) is 18.0 Å². The lowest BCUT2D eigenvalue weighted by molar-refractivity contribution is -0.139. The van der Waals surface area contributed by atoms with E-state index >= 15 is 0 Å². The molecule has 2 amide bonds. The first kappa shape index (κ1) is 31.4. The number of carbonyl (C=O) groups excluding carboxylic acids is 2. The molecule has 3 aromatic carbocycles. The molecule has 1 aliphatic rings. The standard InChI is InChI=1S/C32H38ClN3O5S/c1-24(32(38)34-28-11-7-4-8-12-28)35(21-25-13-15-27(33)16-14-25)31(37)22-36(42(2,39)40)29-17-19-30(20-18-29)41-23-26-9-5-3-6-10-26/h3,5-6,9-10,13-20,24,28H,4,7-8,11-12,21-23H2,1-2H3,(H,34,38)/t24-/m0/s1. The Hall–Kier alpha value is -3.56. The van der Waals surface area contributed by atoms with Crippen LogP contribution in [0.2, 0.25) is 5.02 Å². The van der Waals surface area contributed by atoms with Gasteiger partial charge < -0.3 is 15.0 Å². The molecule has 1 N–H and O–H groups in total. The fourth-order valence-electron chi connectivity index (χ4n) is 5.00. The van der Waals surface area contributed by atoms with Crippen molar-refractivity contribution in [3.8, 4) is 5.75 Å². The van der Waals surface area contributed by atoms with Crippen molar-refractivity contribution in [2.24, 2.45) is 0 Å². The van der Waals surface area contributed by atoms with Gasteiger partial charge in [0.2, 0.25) is 21.8 Å². The molecule has 1 atom stereocenters. The van der Waals surface area contributed by atoms with Gasteiger partial charge in [-0.05, 0) is 67.3 Å². The lowest BCUT2D eigenvalue weighted by Crippen LogP contribution is -2.52. The van der Waals surface area contributed by atoms with Gasteiger partial charge in [0.25, 0.3) is 0 Å². The highest BCUT2D eigenvalue weighted by atomic mass is 35.5. The summed E-state index contributed by atoms with van der Waals surface area (Å²) in [5.74, 6) is -0.180. The van der Waals surface area contributed by atoms with E-state index in [0.717, 1.165) is 53.8 Å². The van der Waals surface area contributed by atoms with Crippen LogP contribution in [-0.2, 0) is 32.8 Å². The maximum Gasteiger partial charge on any atom is 0.244 e. The average molecular weight is 612 g/mol. The van der Waals surface area contributed by atoms with Gasteiger partial charge in [0.05, 0.1) is 11.9 Å². The van der Waals surface area contributed by atoms with Gasteiger partial charge in [-0.3, -0.25) is 13.9 Å². The largest absolute Gasteiger partial charge is 0.489 e. The Morgan fingerprint density at radius 3 is 2.19 bits per heavy atom. The number of amides is 2. The molecule has 1 aliphatic carbocycles. The third kappa shape index (κ3) is 8.97. The van der Waals surface area contributed by atoms with Crippen LogP contribution in [0.4, 0.5) is 5.69 Å². The highest BCUT2D eigenvalue weighted by molar-refractivity contribution is 7.92. The summed E-state index contributed by atoms with van der Waals surface area (Å²) in [6.45, 7) is 1.71. The minimum atomic E-state index is -3.83. The number of rotatable bonds is 12. The fourth-order valence-corrected chi connectivity index (χ4v) is 5.98. The summed E-state index contributed by atoms with van der Waals surface area (Å²) < 4.78 is 32.6. The van der Waals surface area contributed by atoms with E-state index in [1.165, 1.54) is 4.90 Å². The van der Waals surface area contributed by atoms with Gasteiger partial charge in [-0.2, -0.15) is 0 Å². The van der Waals surface area contributed by atoms with E-state index in [-0.39, 0.29) is 18.5 Å². The highest BCUT2D eigenvalue weighted by Gasteiger charge is 2.31. The van der Waals surface area contributed by atoms with Crippen LogP contribution in [0.3, 0.4) is 0 Å². The highest BCUT2D eigenvalue weighted by Crippen LogP contribution is 2.24. The van der Waals surface area contributed by atoms with Crippen molar-refractivity contribution in [2.45, 2.75) is 64.3 Å². The van der Waals surface area contributed by atoms with Crippen LogP contribution in [-0.4, -0.2) is 50.0 Å².